The first-order valence-electron chi connectivity index (χ1n) is 6.02. The molecule has 0 saturated heterocycles. The second kappa shape index (κ2) is 5.76. The summed E-state index contributed by atoms with van der Waals surface area (Å²) in [5, 5.41) is 3.76. The third-order valence-corrected chi connectivity index (χ3v) is 4.50. The highest BCUT2D eigenvalue weighted by Gasteiger charge is 2.60. The van der Waals surface area contributed by atoms with Crippen molar-refractivity contribution in [2.24, 2.45) is 17.3 Å². The van der Waals surface area contributed by atoms with Gasteiger partial charge in [0.2, 0.25) is 5.91 Å². The van der Waals surface area contributed by atoms with Crippen LogP contribution in [0, 0.1) is 17.3 Å². The molecule has 0 radical (unpaired) electrons. The van der Waals surface area contributed by atoms with Crippen LogP contribution in [0.3, 0.4) is 0 Å². The highest BCUT2D eigenvalue weighted by molar-refractivity contribution is 6.55. The Kier molecular flexibility index (Phi) is 4.60. The van der Waals surface area contributed by atoms with Crippen LogP contribution in [0.1, 0.15) is 13.8 Å². The van der Waals surface area contributed by atoms with E-state index in [0.717, 1.165) is 0 Å². The van der Waals surface area contributed by atoms with Crippen LogP contribution in [-0.2, 0) is 4.79 Å². The minimum Gasteiger partial charge on any atom is -0.324 e. The van der Waals surface area contributed by atoms with Crippen molar-refractivity contribution in [1.82, 2.24) is 0 Å². The Labute approximate surface area is 138 Å². The fourth-order valence-electron chi connectivity index (χ4n) is 2.43. The zero-order chi connectivity index (χ0) is 15.1. The average molecular weight is 353 g/mol. The first-order chi connectivity index (χ1) is 9.23. The number of hydrogen-bond acceptors (Lipinski definition) is 1. The van der Waals surface area contributed by atoms with Crippen molar-refractivity contribution in [2.45, 2.75) is 13.8 Å². The highest BCUT2D eigenvalue weighted by atomic mass is 35.5. The van der Waals surface area contributed by atoms with Gasteiger partial charge in [-0.15, -0.1) is 0 Å². The molecule has 108 valence electrons. The van der Waals surface area contributed by atoms with Crippen LogP contribution in [-0.4, -0.2) is 5.91 Å². The summed E-state index contributed by atoms with van der Waals surface area (Å²) >= 11 is 23.3. The van der Waals surface area contributed by atoms with Crippen molar-refractivity contribution in [1.29, 1.82) is 0 Å². The van der Waals surface area contributed by atoms with E-state index < -0.39 is 0 Å². The Morgan fingerprint density at radius 1 is 1.30 bits per heavy atom. The smallest absolute Gasteiger partial charge is 0.228 e. The van der Waals surface area contributed by atoms with E-state index in [2.05, 4.69) is 5.32 Å². The van der Waals surface area contributed by atoms with Gasteiger partial charge in [0.1, 0.15) is 4.49 Å². The van der Waals surface area contributed by atoms with Crippen molar-refractivity contribution in [3.05, 3.63) is 38.8 Å². The number of benzene rings is 1. The monoisotopic (exact) mass is 351 g/mol. The maximum absolute atomic E-state index is 12.3. The molecule has 1 aliphatic rings. The largest absolute Gasteiger partial charge is 0.324 e. The number of nitrogens with one attached hydrogen (secondary N) is 1. The van der Waals surface area contributed by atoms with E-state index in [9.17, 15) is 4.79 Å². The summed E-state index contributed by atoms with van der Waals surface area (Å²) in [6, 6.07) is 4.93. The van der Waals surface area contributed by atoms with Gasteiger partial charge >= 0.3 is 0 Å². The lowest BCUT2D eigenvalue weighted by Gasteiger charge is -2.08. The molecule has 2 rings (SSSR count). The van der Waals surface area contributed by atoms with Gasteiger partial charge in [-0.2, -0.15) is 0 Å². The minimum atomic E-state index is -0.190. The summed E-state index contributed by atoms with van der Waals surface area (Å²) in [4.78, 5) is 12.3. The third kappa shape index (κ3) is 3.25. The van der Waals surface area contributed by atoms with E-state index in [0.29, 0.717) is 15.7 Å². The third-order valence-electron chi connectivity index (χ3n) is 3.68. The molecule has 2 atom stereocenters. The fourth-order valence-corrected chi connectivity index (χ4v) is 3.04. The van der Waals surface area contributed by atoms with E-state index >= 15 is 0 Å². The maximum atomic E-state index is 12.3. The van der Waals surface area contributed by atoms with Gasteiger partial charge in [-0.25, -0.2) is 0 Å². The Morgan fingerprint density at radius 3 is 2.55 bits per heavy atom. The molecular weight excluding hydrogens is 340 g/mol. The predicted octanol–water partition coefficient (Wildman–Crippen LogP) is 5.52. The molecule has 6 heteroatoms. The van der Waals surface area contributed by atoms with E-state index in [-0.39, 0.29) is 27.6 Å². The Morgan fingerprint density at radius 2 is 1.95 bits per heavy atom. The second-order valence-corrected chi connectivity index (χ2v) is 7.25. The molecule has 1 saturated carbocycles. The molecular formula is C14H13Cl4NO. The highest BCUT2D eigenvalue weighted by Crippen LogP contribution is 2.60. The van der Waals surface area contributed by atoms with Gasteiger partial charge in [0, 0.05) is 5.02 Å². The van der Waals surface area contributed by atoms with Gasteiger partial charge in [-0.3, -0.25) is 4.79 Å². The van der Waals surface area contributed by atoms with Crippen LogP contribution in [0.25, 0.3) is 0 Å². The van der Waals surface area contributed by atoms with Crippen molar-refractivity contribution < 1.29 is 4.79 Å². The number of halogens is 4. The van der Waals surface area contributed by atoms with Gasteiger partial charge in [0.15, 0.2) is 0 Å². The summed E-state index contributed by atoms with van der Waals surface area (Å²) in [6.07, 6.45) is 1.70. The van der Waals surface area contributed by atoms with Crippen LogP contribution in [0.15, 0.2) is 28.8 Å². The molecule has 1 N–H and O–H groups in total. The molecule has 0 heterocycles. The second-order valence-electron chi connectivity index (χ2n) is 5.39. The van der Waals surface area contributed by atoms with Crippen LogP contribution >= 0.6 is 46.4 Å². The zero-order valence-electron chi connectivity index (χ0n) is 10.9. The summed E-state index contributed by atoms with van der Waals surface area (Å²) in [6.45, 7) is 3.99. The van der Waals surface area contributed by atoms with Gasteiger partial charge in [-0.1, -0.05) is 60.3 Å². The lowest BCUT2D eigenvalue weighted by atomic mass is 10.1. The molecule has 0 unspecified atom stereocenters. The summed E-state index contributed by atoms with van der Waals surface area (Å²) in [7, 11) is 0. The summed E-state index contributed by atoms with van der Waals surface area (Å²) in [5.74, 6) is -0.287. The van der Waals surface area contributed by atoms with Crippen molar-refractivity contribution in [3.8, 4) is 0 Å². The summed E-state index contributed by atoms with van der Waals surface area (Å²) < 4.78 is 0.180. The fraction of sp³-hybridized carbons (Fsp3) is 0.357. The number of rotatable bonds is 3. The van der Waals surface area contributed by atoms with Gasteiger partial charge < -0.3 is 5.32 Å². The van der Waals surface area contributed by atoms with Crippen LogP contribution in [0.4, 0.5) is 5.69 Å². The first-order valence-corrected chi connectivity index (χ1v) is 7.53. The molecule has 1 fully saturated rings. The molecule has 0 aliphatic heterocycles. The van der Waals surface area contributed by atoms with Crippen LogP contribution in [0.5, 0.6) is 0 Å². The first kappa shape index (κ1) is 16.0. The molecule has 1 aliphatic carbocycles. The molecule has 1 aromatic carbocycles. The number of anilines is 1. The quantitative estimate of drug-likeness (QED) is 0.761. The molecule has 2 nitrogen and oxygen atoms in total. The van der Waals surface area contributed by atoms with Crippen molar-refractivity contribution in [3.63, 3.8) is 0 Å². The molecule has 1 aromatic rings. The van der Waals surface area contributed by atoms with Crippen LogP contribution < -0.4 is 5.32 Å². The topological polar surface area (TPSA) is 29.1 Å². The summed E-state index contributed by atoms with van der Waals surface area (Å²) in [5.41, 5.74) is 0.330. The number of carbonyl (C=O) groups is 1. The number of amides is 1. The SMILES string of the molecule is CC1(C)[C@@H](C=C(Cl)Cl)[C@@H]1C(=O)Nc1cc(Cl)ccc1Cl. The van der Waals surface area contributed by atoms with Crippen LogP contribution in [0.2, 0.25) is 10.0 Å². The Bertz CT molecular complexity index is 579. The van der Waals surface area contributed by atoms with Gasteiger partial charge in [0.25, 0.3) is 0 Å². The maximum Gasteiger partial charge on any atom is 0.228 e. The molecule has 0 bridgehead atoms. The molecule has 1 amide bonds. The van der Waals surface area contributed by atoms with Crippen molar-refractivity contribution >= 4 is 58.0 Å². The zero-order valence-corrected chi connectivity index (χ0v) is 13.9. The number of allylic oxidation sites excluding steroid dienone is 1. The molecule has 0 spiro atoms. The normalized spacial score (nSPS) is 23.1. The molecule has 20 heavy (non-hydrogen) atoms. The Balaban J connectivity index is 2.14. The minimum absolute atomic E-state index is 0.0189. The predicted molar refractivity (Wildman–Crippen MR) is 85.6 cm³/mol. The lowest BCUT2D eigenvalue weighted by Crippen LogP contribution is -2.17. The molecule has 0 aromatic heterocycles. The Hall–Kier alpha value is -0.410. The van der Waals surface area contributed by atoms with Crippen molar-refractivity contribution in [2.75, 3.05) is 5.32 Å². The number of carbonyl (C=O) groups excluding carboxylic acids is 1. The van der Waals surface area contributed by atoms with E-state index in [1.807, 2.05) is 13.8 Å². The lowest BCUT2D eigenvalue weighted by molar-refractivity contribution is -0.118. The average Bonchev–Trinajstić information content (AvgIpc) is 2.84. The van der Waals surface area contributed by atoms with E-state index in [1.54, 1.807) is 24.3 Å². The van der Waals surface area contributed by atoms with E-state index in [4.69, 9.17) is 46.4 Å². The number of hydrogen-bond donors (Lipinski definition) is 1. The van der Waals surface area contributed by atoms with E-state index in [1.165, 1.54) is 0 Å². The van der Waals surface area contributed by atoms with Gasteiger partial charge in [0.05, 0.1) is 16.6 Å². The standard InChI is InChI=1S/C14H13Cl4NO/c1-14(2)8(6-11(17)18)12(14)13(20)19-10-5-7(15)3-4-9(10)16/h3-6,8,12H,1-2H3,(H,19,20)/t8-,12+/m0/s1. The van der Waals surface area contributed by atoms with Gasteiger partial charge in [-0.05, 0) is 35.6 Å².